The Balaban J connectivity index is 3.52. The minimum Gasteiger partial charge on any atom is -0.265 e. The summed E-state index contributed by atoms with van der Waals surface area (Å²) < 4.78 is 90.8. The molecule has 3 nitrogen and oxygen atoms in total. The molecule has 0 atom stereocenters. The summed E-state index contributed by atoms with van der Waals surface area (Å²) in [5.41, 5.74) is 0. The van der Waals surface area contributed by atoms with Gasteiger partial charge in [0.05, 0.1) is 6.61 Å². The third-order valence-electron chi connectivity index (χ3n) is 1.74. The molecule has 0 aliphatic carbocycles. The summed E-state index contributed by atoms with van der Waals surface area (Å²) in [5.74, 6) is -12.5. The smallest absolute Gasteiger partial charge is 0.265 e. The molecule has 0 heterocycles. The van der Waals surface area contributed by atoms with Crippen LogP contribution in [0.1, 0.15) is 0 Å². The summed E-state index contributed by atoms with van der Waals surface area (Å²) in [6.07, 6.45) is 0. The van der Waals surface area contributed by atoms with Crippen molar-refractivity contribution < 1.29 is 34.6 Å². The predicted octanol–water partition coefficient (Wildman–Crippen LogP) is 2.33. The zero-order valence-corrected chi connectivity index (χ0v) is 9.89. The molecule has 10 heteroatoms. The van der Waals surface area contributed by atoms with E-state index >= 15 is 0 Å². The maximum atomic E-state index is 13.1. The Kier molecular flexibility index (Phi) is 4.51. The molecule has 0 fully saturated rings. The molecule has 0 bridgehead atoms. The summed E-state index contributed by atoms with van der Waals surface area (Å²) >= 11 is 5.08. The normalized spacial score (nSPS) is 11.9. The highest BCUT2D eigenvalue weighted by atomic mass is 35.5. The van der Waals surface area contributed by atoms with Crippen LogP contribution in [-0.2, 0) is 14.3 Å². The van der Waals surface area contributed by atoms with Gasteiger partial charge in [0, 0.05) is 5.88 Å². The van der Waals surface area contributed by atoms with Gasteiger partial charge in [0.1, 0.15) is 0 Å². The first-order valence-corrected chi connectivity index (χ1v) is 6.15. The first-order chi connectivity index (χ1) is 8.24. The Hall–Kier alpha value is -0.930. The van der Waals surface area contributed by atoms with Gasteiger partial charge in [-0.25, -0.2) is 22.0 Å². The average molecular weight is 311 g/mol. The molecule has 1 rings (SSSR count). The summed E-state index contributed by atoms with van der Waals surface area (Å²) in [6, 6.07) is 0. The van der Waals surface area contributed by atoms with E-state index in [1.54, 1.807) is 0 Å². The standard InChI is InChI=1S/C8H4ClF5O3S/c9-1-2-17-18(15,16)8-6(13)4(11)3(10)5(12)7(8)14/h1-2H2. The fraction of sp³-hybridized carbons (Fsp3) is 0.250. The lowest BCUT2D eigenvalue weighted by Crippen LogP contribution is -2.16. The van der Waals surface area contributed by atoms with Crippen LogP contribution in [-0.4, -0.2) is 20.9 Å². The topological polar surface area (TPSA) is 43.4 Å². The zero-order valence-electron chi connectivity index (χ0n) is 8.31. The van der Waals surface area contributed by atoms with Crippen molar-refractivity contribution in [2.75, 3.05) is 12.5 Å². The van der Waals surface area contributed by atoms with E-state index in [2.05, 4.69) is 4.18 Å². The molecule has 0 radical (unpaired) electrons. The van der Waals surface area contributed by atoms with Crippen LogP contribution < -0.4 is 0 Å². The van der Waals surface area contributed by atoms with Crippen molar-refractivity contribution in [2.45, 2.75) is 4.90 Å². The molecule has 0 aliphatic rings. The molecule has 0 aromatic heterocycles. The molecule has 0 spiro atoms. The largest absolute Gasteiger partial charge is 0.303 e. The van der Waals surface area contributed by atoms with E-state index in [-0.39, 0.29) is 5.88 Å². The van der Waals surface area contributed by atoms with Crippen LogP contribution in [0.4, 0.5) is 22.0 Å². The predicted molar refractivity (Wildman–Crippen MR) is 50.1 cm³/mol. The quantitative estimate of drug-likeness (QED) is 0.282. The highest BCUT2D eigenvalue weighted by Crippen LogP contribution is 2.27. The molecular weight excluding hydrogens is 307 g/mol. The van der Waals surface area contributed by atoms with Crippen molar-refractivity contribution in [2.24, 2.45) is 0 Å². The molecular formula is C8H4ClF5O3S. The Morgan fingerprint density at radius 1 is 0.889 bits per heavy atom. The van der Waals surface area contributed by atoms with Crippen LogP contribution in [0.15, 0.2) is 4.90 Å². The van der Waals surface area contributed by atoms with Gasteiger partial charge < -0.3 is 0 Å². The lowest BCUT2D eigenvalue weighted by atomic mass is 10.3. The minimum atomic E-state index is -5.13. The molecule has 1 aromatic rings. The highest BCUT2D eigenvalue weighted by molar-refractivity contribution is 7.86. The van der Waals surface area contributed by atoms with E-state index in [4.69, 9.17) is 11.6 Å². The molecule has 1 aromatic carbocycles. The number of rotatable bonds is 4. The zero-order chi connectivity index (χ0) is 14.1. The van der Waals surface area contributed by atoms with E-state index in [0.717, 1.165) is 0 Å². The van der Waals surface area contributed by atoms with Gasteiger partial charge in [-0.1, -0.05) is 0 Å². The van der Waals surface area contributed by atoms with Gasteiger partial charge in [0.2, 0.25) is 5.82 Å². The molecule has 102 valence electrons. The van der Waals surface area contributed by atoms with Crippen LogP contribution in [0.25, 0.3) is 0 Å². The molecule has 18 heavy (non-hydrogen) atoms. The second kappa shape index (κ2) is 5.37. The third kappa shape index (κ3) is 2.57. The van der Waals surface area contributed by atoms with Gasteiger partial charge in [-0.05, 0) is 0 Å². The highest BCUT2D eigenvalue weighted by Gasteiger charge is 2.34. The summed E-state index contributed by atoms with van der Waals surface area (Å²) in [7, 11) is -5.13. The van der Waals surface area contributed by atoms with Crippen molar-refractivity contribution in [1.82, 2.24) is 0 Å². The van der Waals surface area contributed by atoms with Crippen molar-refractivity contribution in [3.8, 4) is 0 Å². The van der Waals surface area contributed by atoms with Gasteiger partial charge in [-0.15, -0.1) is 11.6 Å². The van der Waals surface area contributed by atoms with Crippen LogP contribution in [0.5, 0.6) is 0 Å². The Morgan fingerprint density at radius 2 is 1.28 bits per heavy atom. The maximum absolute atomic E-state index is 13.1. The van der Waals surface area contributed by atoms with Gasteiger partial charge in [0.15, 0.2) is 28.2 Å². The van der Waals surface area contributed by atoms with Crippen molar-refractivity contribution >= 4 is 21.7 Å². The second-order valence-electron chi connectivity index (χ2n) is 2.86. The van der Waals surface area contributed by atoms with Gasteiger partial charge >= 0.3 is 10.1 Å². The third-order valence-corrected chi connectivity index (χ3v) is 3.22. The second-order valence-corrected chi connectivity index (χ2v) is 4.79. The van der Waals surface area contributed by atoms with E-state index in [0.29, 0.717) is 0 Å². The van der Waals surface area contributed by atoms with Gasteiger partial charge in [-0.3, -0.25) is 4.18 Å². The molecule has 0 amide bonds. The number of hydrogen-bond acceptors (Lipinski definition) is 3. The number of benzene rings is 1. The Morgan fingerprint density at radius 3 is 1.67 bits per heavy atom. The molecule has 0 aliphatic heterocycles. The Bertz CT molecular complexity index is 546. The summed E-state index contributed by atoms with van der Waals surface area (Å²) in [5, 5.41) is 0. The van der Waals surface area contributed by atoms with Crippen molar-refractivity contribution in [3.05, 3.63) is 29.1 Å². The Labute approximate surface area is 103 Å². The number of hydrogen-bond donors (Lipinski definition) is 0. The van der Waals surface area contributed by atoms with Crippen molar-refractivity contribution in [3.63, 3.8) is 0 Å². The molecule has 0 saturated heterocycles. The van der Waals surface area contributed by atoms with Crippen LogP contribution in [0.2, 0.25) is 0 Å². The molecule has 0 saturated carbocycles. The van der Waals surface area contributed by atoms with Gasteiger partial charge in [-0.2, -0.15) is 8.42 Å². The van der Waals surface area contributed by atoms with Crippen LogP contribution in [0.3, 0.4) is 0 Å². The van der Waals surface area contributed by atoms with Crippen LogP contribution in [0, 0.1) is 29.1 Å². The minimum absolute atomic E-state index is 0.353. The van der Waals surface area contributed by atoms with E-state index in [1.807, 2.05) is 0 Å². The van der Waals surface area contributed by atoms with Gasteiger partial charge in [0.25, 0.3) is 0 Å². The summed E-state index contributed by atoms with van der Waals surface area (Å²) in [4.78, 5) is -2.04. The number of alkyl halides is 1. The molecule has 0 unspecified atom stereocenters. The fourth-order valence-electron chi connectivity index (χ4n) is 1.00. The SMILES string of the molecule is O=S(=O)(OCCCl)c1c(F)c(F)c(F)c(F)c1F. The fourth-order valence-corrected chi connectivity index (χ4v) is 2.21. The van der Waals surface area contributed by atoms with E-state index < -0.39 is 50.7 Å². The first kappa shape index (κ1) is 15.1. The lowest BCUT2D eigenvalue weighted by Gasteiger charge is -2.08. The first-order valence-electron chi connectivity index (χ1n) is 4.20. The summed E-state index contributed by atoms with van der Waals surface area (Å²) in [6.45, 7) is -0.677. The maximum Gasteiger partial charge on any atom is 0.303 e. The monoisotopic (exact) mass is 310 g/mol. The lowest BCUT2D eigenvalue weighted by molar-refractivity contribution is 0.319. The molecule has 0 N–H and O–H groups in total. The van der Waals surface area contributed by atoms with E-state index in [9.17, 15) is 30.4 Å². The van der Waals surface area contributed by atoms with Crippen LogP contribution >= 0.6 is 11.6 Å². The van der Waals surface area contributed by atoms with Crippen molar-refractivity contribution in [1.29, 1.82) is 0 Å². The average Bonchev–Trinajstić information content (AvgIpc) is 2.31. The van der Waals surface area contributed by atoms with E-state index in [1.165, 1.54) is 0 Å². The number of halogens is 6.